The van der Waals surface area contributed by atoms with E-state index in [-0.39, 0.29) is 30.5 Å². The first-order chi connectivity index (χ1) is 24.0. The molecule has 1 heterocycles. The summed E-state index contributed by atoms with van der Waals surface area (Å²) in [6.07, 6.45) is -11.1. The molecule has 15 heteroatoms. The molecule has 0 saturated heterocycles. The van der Waals surface area contributed by atoms with Crippen LogP contribution in [0.2, 0.25) is 0 Å². The lowest BCUT2D eigenvalue weighted by Gasteiger charge is -2.28. The molecule has 0 spiro atoms. The number of carbonyl (C=O) groups excluding carboxylic acids is 1. The number of hydrogen-bond donors (Lipinski definition) is 2. The van der Waals surface area contributed by atoms with Crippen molar-refractivity contribution in [2.75, 3.05) is 19.6 Å². The molecular formula is C37H43F8N3O4. The first-order valence-electron chi connectivity index (χ1n) is 16.8. The van der Waals surface area contributed by atoms with E-state index in [2.05, 4.69) is 5.32 Å². The van der Waals surface area contributed by atoms with Gasteiger partial charge in [-0.05, 0) is 80.9 Å². The van der Waals surface area contributed by atoms with Crippen molar-refractivity contribution in [2.24, 2.45) is 5.92 Å². The molecule has 3 rings (SSSR count). The van der Waals surface area contributed by atoms with Gasteiger partial charge in [-0.1, -0.05) is 45.4 Å². The SMILES string of the molecule is CCN(CC)CCc1cn(C(CC(C)C)C(=O)NC(CC(=O)O)c2c(F)c(-c3c(C)cc(C)cc3C)cc(C(F)(F)F)c2F)c(=O)cc1C(F)(F)F. The number of nitrogens with zero attached hydrogens (tertiary/aromatic N) is 2. The molecule has 52 heavy (non-hydrogen) atoms. The molecule has 0 aliphatic rings. The summed E-state index contributed by atoms with van der Waals surface area (Å²) < 4.78 is 118. The summed E-state index contributed by atoms with van der Waals surface area (Å²) in [4.78, 5) is 41.1. The highest BCUT2D eigenvalue weighted by atomic mass is 19.4. The second-order valence-corrected chi connectivity index (χ2v) is 13.3. The largest absolute Gasteiger partial charge is 0.481 e. The Bertz CT molecular complexity index is 1820. The average Bonchev–Trinajstić information content (AvgIpc) is 3.00. The molecule has 3 aromatic rings. The minimum atomic E-state index is -5.37. The van der Waals surface area contributed by atoms with Gasteiger partial charge in [0, 0.05) is 29.9 Å². The number of carboxylic acid groups (broad SMARTS) is 1. The minimum absolute atomic E-state index is 0.00137. The first-order valence-corrected chi connectivity index (χ1v) is 16.8. The van der Waals surface area contributed by atoms with Gasteiger partial charge in [0.15, 0.2) is 0 Å². The molecule has 2 atom stereocenters. The number of carbonyl (C=O) groups is 2. The monoisotopic (exact) mass is 745 g/mol. The highest BCUT2D eigenvalue weighted by Crippen LogP contribution is 2.42. The summed E-state index contributed by atoms with van der Waals surface area (Å²) in [5, 5.41) is 11.9. The number of alkyl halides is 6. The highest BCUT2D eigenvalue weighted by Gasteiger charge is 2.41. The van der Waals surface area contributed by atoms with Crippen LogP contribution in [0.4, 0.5) is 35.1 Å². The molecule has 2 unspecified atom stereocenters. The maximum absolute atomic E-state index is 16.5. The molecule has 0 aliphatic carbocycles. The molecule has 1 amide bonds. The summed E-state index contributed by atoms with van der Waals surface area (Å²) in [7, 11) is 0. The lowest BCUT2D eigenvalue weighted by atomic mass is 9.88. The molecule has 0 fully saturated rings. The Hall–Kier alpha value is -4.27. The number of aromatic nitrogens is 1. The van der Waals surface area contributed by atoms with Gasteiger partial charge in [0.25, 0.3) is 5.56 Å². The Morgan fingerprint density at radius 3 is 1.92 bits per heavy atom. The molecule has 0 aliphatic heterocycles. The van der Waals surface area contributed by atoms with Crippen LogP contribution in [0.15, 0.2) is 35.3 Å². The molecule has 1 aromatic heterocycles. The van der Waals surface area contributed by atoms with Crippen molar-refractivity contribution in [3.8, 4) is 11.1 Å². The Balaban J connectivity index is 2.28. The van der Waals surface area contributed by atoms with E-state index in [1.807, 2.05) is 18.7 Å². The van der Waals surface area contributed by atoms with Gasteiger partial charge in [-0.15, -0.1) is 0 Å². The fraction of sp³-hybridized carbons (Fsp3) is 0.486. The van der Waals surface area contributed by atoms with E-state index in [1.165, 1.54) is 13.8 Å². The molecule has 0 radical (unpaired) electrons. The Kier molecular flexibility index (Phi) is 13.5. The maximum atomic E-state index is 16.5. The number of amides is 1. The molecule has 2 aromatic carbocycles. The number of benzene rings is 2. The second-order valence-electron chi connectivity index (χ2n) is 13.3. The van der Waals surface area contributed by atoms with Crippen molar-refractivity contribution in [2.45, 2.75) is 92.2 Å². The quantitative estimate of drug-likeness (QED) is 0.162. The fourth-order valence-electron chi connectivity index (χ4n) is 6.53. The third-order valence-corrected chi connectivity index (χ3v) is 8.92. The van der Waals surface area contributed by atoms with E-state index >= 15 is 8.78 Å². The number of likely N-dealkylation sites (N-methyl/N-ethyl adjacent to an activating group) is 1. The van der Waals surface area contributed by atoms with Crippen LogP contribution in [0.3, 0.4) is 0 Å². The number of aliphatic carboxylic acids is 1. The lowest BCUT2D eigenvalue weighted by molar-refractivity contribution is -0.140. The van der Waals surface area contributed by atoms with Crippen LogP contribution < -0.4 is 10.9 Å². The fourth-order valence-corrected chi connectivity index (χ4v) is 6.53. The van der Waals surface area contributed by atoms with Crippen LogP contribution in [0, 0.1) is 38.3 Å². The average molecular weight is 746 g/mol. The van der Waals surface area contributed by atoms with Crippen molar-refractivity contribution >= 4 is 11.9 Å². The Morgan fingerprint density at radius 1 is 0.885 bits per heavy atom. The van der Waals surface area contributed by atoms with Gasteiger partial charge in [0.2, 0.25) is 5.91 Å². The first kappa shape index (κ1) is 42.1. The van der Waals surface area contributed by atoms with Gasteiger partial charge in [-0.3, -0.25) is 14.4 Å². The van der Waals surface area contributed by atoms with E-state index in [0.717, 1.165) is 10.8 Å². The normalized spacial score (nSPS) is 13.5. The molecule has 286 valence electrons. The van der Waals surface area contributed by atoms with Gasteiger partial charge < -0.3 is 19.9 Å². The van der Waals surface area contributed by atoms with E-state index in [9.17, 15) is 45.8 Å². The minimum Gasteiger partial charge on any atom is -0.481 e. The number of pyridine rings is 1. The maximum Gasteiger partial charge on any atom is 0.419 e. The van der Waals surface area contributed by atoms with E-state index in [1.54, 1.807) is 32.9 Å². The van der Waals surface area contributed by atoms with E-state index in [0.29, 0.717) is 41.9 Å². The topological polar surface area (TPSA) is 91.6 Å². The zero-order valence-corrected chi connectivity index (χ0v) is 30.0. The zero-order valence-electron chi connectivity index (χ0n) is 30.0. The van der Waals surface area contributed by atoms with Gasteiger partial charge in [0.05, 0.1) is 23.6 Å². The number of carboxylic acids is 1. The predicted octanol–water partition coefficient (Wildman–Crippen LogP) is 8.56. The van der Waals surface area contributed by atoms with Gasteiger partial charge >= 0.3 is 18.3 Å². The number of nitrogens with one attached hydrogen (secondary N) is 1. The van der Waals surface area contributed by atoms with Crippen molar-refractivity contribution in [1.29, 1.82) is 0 Å². The molecular weight excluding hydrogens is 702 g/mol. The van der Waals surface area contributed by atoms with E-state index in [4.69, 9.17) is 0 Å². The summed E-state index contributed by atoms with van der Waals surface area (Å²) in [5.41, 5.74) is -5.32. The van der Waals surface area contributed by atoms with Crippen molar-refractivity contribution in [1.82, 2.24) is 14.8 Å². The number of rotatable bonds is 14. The molecule has 0 bridgehead atoms. The van der Waals surface area contributed by atoms with Crippen LogP contribution in [0.1, 0.15) is 91.6 Å². The smallest absolute Gasteiger partial charge is 0.419 e. The molecule has 2 N–H and O–H groups in total. The van der Waals surface area contributed by atoms with Crippen LogP contribution in [-0.2, 0) is 28.4 Å². The van der Waals surface area contributed by atoms with Crippen LogP contribution >= 0.6 is 0 Å². The van der Waals surface area contributed by atoms with Crippen molar-refractivity contribution in [3.05, 3.63) is 91.4 Å². The third-order valence-electron chi connectivity index (χ3n) is 8.92. The summed E-state index contributed by atoms with van der Waals surface area (Å²) in [6, 6.07) is -0.0962. The highest BCUT2D eigenvalue weighted by molar-refractivity contribution is 5.82. The molecule has 0 saturated carbocycles. The predicted molar refractivity (Wildman–Crippen MR) is 180 cm³/mol. The zero-order chi connectivity index (χ0) is 39.5. The van der Waals surface area contributed by atoms with Gasteiger partial charge in [-0.2, -0.15) is 26.3 Å². The van der Waals surface area contributed by atoms with Crippen molar-refractivity contribution in [3.63, 3.8) is 0 Å². The number of aryl methyl sites for hydroxylation is 3. The Labute approximate surface area is 296 Å². The van der Waals surface area contributed by atoms with Gasteiger partial charge in [0.1, 0.15) is 17.7 Å². The Morgan fingerprint density at radius 2 is 1.44 bits per heavy atom. The summed E-state index contributed by atoms with van der Waals surface area (Å²) in [5.74, 6) is -7.08. The van der Waals surface area contributed by atoms with Crippen molar-refractivity contribution < 1.29 is 49.8 Å². The third kappa shape index (κ3) is 9.78. The lowest BCUT2D eigenvalue weighted by Crippen LogP contribution is -2.41. The van der Waals surface area contributed by atoms with Crippen LogP contribution in [0.5, 0.6) is 0 Å². The second kappa shape index (κ2) is 16.6. The standard InChI is InChI=1S/C37H43F8N3O4/c1-8-47(9-2)11-10-23-18-48(29(49)16-25(23)36(40,41)42)28(12-19(3)4)35(52)46-27(17-30(50)51)32-33(38)24(15-26(34(32)39)37(43,44)45)31-21(6)13-20(5)14-22(31)7/h13-16,18-19,27-28H,8-12,17H2,1-7H3,(H,46,52)(H,50,51). The number of halogens is 8. The number of hydrogen-bond acceptors (Lipinski definition) is 4. The van der Waals surface area contributed by atoms with Crippen LogP contribution in [0.25, 0.3) is 11.1 Å². The van der Waals surface area contributed by atoms with Gasteiger partial charge in [-0.25, -0.2) is 8.78 Å². The van der Waals surface area contributed by atoms with E-state index < -0.39 is 88.1 Å². The van der Waals surface area contributed by atoms with Crippen LogP contribution in [-0.4, -0.2) is 46.1 Å². The summed E-state index contributed by atoms with van der Waals surface area (Å²) in [6.45, 7) is 12.8. The summed E-state index contributed by atoms with van der Waals surface area (Å²) >= 11 is 0. The molecule has 7 nitrogen and oxygen atoms in total.